The molecule has 0 saturated heterocycles. The van der Waals surface area contributed by atoms with Gasteiger partial charge in [0.25, 0.3) is 0 Å². The van der Waals surface area contributed by atoms with E-state index in [1.165, 1.54) is 5.56 Å². The summed E-state index contributed by atoms with van der Waals surface area (Å²) >= 11 is 5.87. The highest BCUT2D eigenvalue weighted by Gasteiger charge is 2.06. The molecule has 0 bridgehead atoms. The zero-order valence-electron chi connectivity index (χ0n) is 10.8. The SMILES string of the molecule is Clc1cc(-c2n[nH]c(CCc3ccccc3)n2)ccn1. The van der Waals surface area contributed by atoms with E-state index in [1.54, 1.807) is 12.3 Å². The summed E-state index contributed by atoms with van der Waals surface area (Å²) in [5.41, 5.74) is 2.16. The molecule has 0 atom stereocenters. The van der Waals surface area contributed by atoms with Crippen LogP contribution in [-0.2, 0) is 12.8 Å². The largest absolute Gasteiger partial charge is 0.263 e. The number of hydrogen-bond acceptors (Lipinski definition) is 3. The van der Waals surface area contributed by atoms with Crippen LogP contribution in [0.25, 0.3) is 11.4 Å². The number of pyridine rings is 1. The van der Waals surface area contributed by atoms with Crippen LogP contribution in [0.15, 0.2) is 48.7 Å². The van der Waals surface area contributed by atoms with E-state index in [1.807, 2.05) is 24.3 Å². The van der Waals surface area contributed by atoms with Gasteiger partial charge in [-0.25, -0.2) is 9.97 Å². The van der Waals surface area contributed by atoms with Gasteiger partial charge >= 0.3 is 0 Å². The molecular weight excluding hydrogens is 272 g/mol. The fourth-order valence-corrected chi connectivity index (χ4v) is 2.16. The van der Waals surface area contributed by atoms with Gasteiger partial charge in [-0.1, -0.05) is 41.9 Å². The van der Waals surface area contributed by atoms with Crippen LogP contribution in [0.5, 0.6) is 0 Å². The lowest BCUT2D eigenvalue weighted by Gasteiger charge is -1.97. The minimum atomic E-state index is 0.443. The van der Waals surface area contributed by atoms with E-state index in [4.69, 9.17) is 11.6 Å². The molecular formula is C15H13ClN4. The van der Waals surface area contributed by atoms with Gasteiger partial charge in [0.05, 0.1) is 0 Å². The summed E-state index contributed by atoms with van der Waals surface area (Å²) in [6, 6.07) is 13.9. The van der Waals surface area contributed by atoms with Gasteiger partial charge in [-0.05, 0) is 24.1 Å². The average Bonchev–Trinajstić information content (AvgIpc) is 2.95. The summed E-state index contributed by atoms with van der Waals surface area (Å²) in [5.74, 6) is 1.52. The van der Waals surface area contributed by atoms with Gasteiger partial charge < -0.3 is 0 Å². The van der Waals surface area contributed by atoms with E-state index in [0.717, 1.165) is 24.2 Å². The smallest absolute Gasteiger partial charge is 0.181 e. The van der Waals surface area contributed by atoms with Crippen LogP contribution in [0.3, 0.4) is 0 Å². The van der Waals surface area contributed by atoms with Gasteiger partial charge in [0.1, 0.15) is 11.0 Å². The first-order valence-corrected chi connectivity index (χ1v) is 6.76. The third kappa shape index (κ3) is 3.03. The highest BCUT2D eigenvalue weighted by Crippen LogP contribution is 2.17. The average molecular weight is 285 g/mol. The Bertz CT molecular complexity index is 694. The van der Waals surface area contributed by atoms with Gasteiger partial charge in [0, 0.05) is 18.2 Å². The van der Waals surface area contributed by atoms with Crippen molar-refractivity contribution in [1.29, 1.82) is 0 Å². The van der Waals surface area contributed by atoms with E-state index in [2.05, 4.69) is 32.3 Å². The van der Waals surface area contributed by atoms with Crippen LogP contribution >= 0.6 is 11.6 Å². The summed E-state index contributed by atoms with van der Waals surface area (Å²) in [4.78, 5) is 8.43. The molecule has 0 radical (unpaired) electrons. The molecule has 0 aliphatic carbocycles. The van der Waals surface area contributed by atoms with Crippen LogP contribution in [0.2, 0.25) is 5.15 Å². The first kappa shape index (κ1) is 12.8. The van der Waals surface area contributed by atoms with Gasteiger partial charge in [-0.2, -0.15) is 5.10 Å². The predicted molar refractivity (Wildman–Crippen MR) is 78.5 cm³/mol. The number of H-pyrrole nitrogens is 1. The highest BCUT2D eigenvalue weighted by atomic mass is 35.5. The molecule has 0 spiro atoms. The quantitative estimate of drug-likeness (QED) is 0.748. The van der Waals surface area contributed by atoms with Crippen molar-refractivity contribution in [3.05, 3.63) is 65.2 Å². The summed E-state index contributed by atoms with van der Waals surface area (Å²) in [6.45, 7) is 0. The Morgan fingerprint density at radius 3 is 2.70 bits per heavy atom. The van der Waals surface area contributed by atoms with Crippen molar-refractivity contribution in [2.45, 2.75) is 12.8 Å². The number of halogens is 1. The fraction of sp³-hybridized carbons (Fsp3) is 0.133. The molecule has 20 heavy (non-hydrogen) atoms. The molecule has 3 aromatic rings. The zero-order valence-corrected chi connectivity index (χ0v) is 11.5. The Morgan fingerprint density at radius 1 is 1.05 bits per heavy atom. The Labute approximate surface area is 121 Å². The van der Waals surface area contributed by atoms with Crippen molar-refractivity contribution in [2.24, 2.45) is 0 Å². The van der Waals surface area contributed by atoms with Crippen molar-refractivity contribution >= 4 is 11.6 Å². The van der Waals surface area contributed by atoms with Gasteiger partial charge in [-0.3, -0.25) is 5.10 Å². The van der Waals surface area contributed by atoms with E-state index < -0.39 is 0 Å². The Balaban J connectivity index is 1.71. The molecule has 4 nitrogen and oxygen atoms in total. The lowest BCUT2D eigenvalue weighted by molar-refractivity contribution is 0.865. The molecule has 0 aliphatic heterocycles. The molecule has 2 aromatic heterocycles. The lowest BCUT2D eigenvalue weighted by Crippen LogP contribution is -1.93. The maximum absolute atomic E-state index is 5.87. The van der Waals surface area contributed by atoms with Crippen molar-refractivity contribution in [3.8, 4) is 11.4 Å². The maximum Gasteiger partial charge on any atom is 0.181 e. The minimum absolute atomic E-state index is 0.443. The van der Waals surface area contributed by atoms with Crippen LogP contribution < -0.4 is 0 Å². The van der Waals surface area contributed by atoms with Crippen LogP contribution in [0.4, 0.5) is 0 Å². The second kappa shape index (κ2) is 5.84. The minimum Gasteiger partial charge on any atom is -0.263 e. The van der Waals surface area contributed by atoms with E-state index >= 15 is 0 Å². The normalized spacial score (nSPS) is 10.7. The summed E-state index contributed by atoms with van der Waals surface area (Å²) in [5, 5.41) is 7.63. The first-order valence-electron chi connectivity index (χ1n) is 6.38. The topological polar surface area (TPSA) is 54.5 Å². The third-order valence-corrected chi connectivity index (χ3v) is 3.22. The summed E-state index contributed by atoms with van der Waals surface area (Å²) in [6.07, 6.45) is 3.42. The number of aryl methyl sites for hydroxylation is 2. The van der Waals surface area contributed by atoms with E-state index in [-0.39, 0.29) is 0 Å². The number of aromatic amines is 1. The highest BCUT2D eigenvalue weighted by molar-refractivity contribution is 6.29. The van der Waals surface area contributed by atoms with Crippen molar-refractivity contribution < 1.29 is 0 Å². The molecule has 0 unspecified atom stereocenters. The molecule has 0 aliphatic rings. The van der Waals surface area contributed by atoms with Crippen molar-refractivity contribution in [2.75, 3.05) is 0 Å². The van der Waals surface area contributed by atoms with Crippen LogP contribution in [0.1, 0.15) is 11.4 Å². The number of benzene rings is 1. The molecule has 1 N–H and O–H groups in total. The molecule has 2 heterocycles. The number of hydrogen-bond donors (Lipinski definition) is 1. The standard InChI is InChI=1S/C15H13ClN4/c16-13-10-12(8-9-17-13)15-18-14(19-20-15)7-6-11-4-2-1-3-5-11/h1-5,8-10H,6-7H2,(H,18,19,20). The lowest BCUT2D eigenvalue weighted by atomic mass is 10.1. The van der Waals surface area contributed by atoms with Crippen LogP contribution in [0, 0.1) is 0 Å². The molecule has 0 saturated carbocycles. The van der Waals surface area contributed by atoms with E-state index in [9.17, 15) is 0 Å². The fourth-order valence-electron chi connectivity index (χ4n) is 1.99. The first-order chi connectivity index (χ1) is 9.81. The molecule has 0 fully saturated rings. The Kier molecular flexibility index (Phi) is 3.74. The number of nitrogens with zero attached hydrogens (tertiary/aromatic N) is 3. The Hall–Kier alpha value is -2.20. The molecule has 100 valence electrons. The molecule has 0 amide bonds. The van der Waals surface area contributed by atoms with Crippen LogP contribution in [-0.4, -0.2) is 20.2 Å². The molecule has 3 rings (SSSR count). The summed E-state index contributed by atoms with van der Waals surface area (Å²) in [7, 11) is 0. The van der Waals surface area contributed by atoms with E-state index in [0.29, 0.717) is 11.0 Å². The second-order valence-electron chi connectivity index (χ2n) is 4.46. The monoisotopic (exact) mass is 284 g/mol. The molecule has 1 aromatic carbocycles. The predicted octanol–water partition coefficient (Wildman–Crippen LogP) is 3.31. The Morgan fingerprint density at radius 2 is 1.90 bits per heavy atom. The zero-order chi connectivity index (χ0) is 13.8. The van der Waals surface area contributed by atoms with Crippen molar-refractivity contribution in [3.63, 3.8) is 0 Å². The van der Waals surface area contributed by atoms with Crippen molar-refractivity contribution in [1.82, 2.24) is 20.2 Å². The number of aromatic nitrogens is 4. The number of nitrogens with one attached hydrogen (secondary N) is 1. The van der Waals surface area contributed by atoms with Gasteiger partial charge in [0.15, 0.2) is 5.82 Å². The van der Waals surface area contributed by atoms with Gasteiger partial charge in [-0.15, -0.1) is 0 Å². The second-order valence-corrected chi connectivity index (χ2v) is 4.85. The van der Waals surface area contributed by atoms with Gasteiger partial charge in [0.2, 0.25) is 0 Å². The number of rotatable bonds is 4. The molecule has 5 heteroatoms. The maximum atomic E-state index is 5.87. The third-order valence-electron chi connectivity index (χ3n) is 3.01. The summed E-state index contributed by atoms with van der Waals surface area (Å²) < 4.78 is 0.